The summed E-state index contributed by atoms with van der Waals surface area (Å²) in [5, 5.41) is 7.57. The second kappa shape index (κ2) is 11.7. The highest BCUT2D eigenvalue weighted by atomic mass is 35.5. The van der Waals surface area contributed by atoms with Gasteiger partial charge in [0.15, 0.2) is 6.10 Å². The smallest absolute Gasteiger partial charge is 0.387 e. The summed E-state index contributed by atoms with van der Waals surface area (Å²) in [4.78, 5) is 37.0. The van der Waals surface area contributed by atoms with E-state index in [1.54, 1.807) is 23.1 Å². The molecule has 0 saturated carbocycles. The molecule has 0 bridgehead atoms. The molecule has 1 saturated heterocycles. The van der Waals surface area contributed by atoms with E-state index in [1.165, 1.54) is 11.3 Å². The molecule has 4 heterocycles. The first kappa shape index (κ1) is 28.9. The van der Waals surface area contributed by atoms with E-state index in [2.05, 4.69) is 5.16 Å². The summed E-state index contributed by atoms with van der Waals surface area (Å²) in [6.45, 7) is 0.767. The number of likely N-dealkylation sites (tertiary alicyclic amines) is 1. The maximum atomic E-state index is 13.1. The Balaban J connectivity index is 1.15. The highest BCUT2D eigenvalue weighted by molar-refractivity contribution is 7.10. The Kier molecular flexibility index (Phi) is 8.47. The number of thiazole rings is 1. The quantitative estimate of drug-likeness (QED) is 0.295. The van der Waals surface area contributed by atoms with E-state index in [9.17, 15) is 22.8 Å². The van der Waals surface area contributed by atoms with Gasteiger partial charge in [-0.1, -0.05) is 46.0 Å². The van der Waals surface area contributed by atoms with Gasteiger partial charge in [-0.2, -0.15) is 13.2 Å². The van der Waals surface area contributed by atoms with Gasteiger partial charge in [0, 0.05) is 65.6 Å². The summed E-state index contributed by atoms with van der Waals surface area (Å²) >= 11 is 19.8. The second-order valence-electron chi connectivity index (χ2n) is 9.52. The van der Waals surface area contributed by atoms with Gasteiger partial charge in [-0.25, -0.2) is 4.98 Å². The van der Waals surface area contributed by atoms with Crippen LogP contribution in [-0.2, 0) is 22.4 Å². The van der Waals surface area contributed by atoms with Crippen LogP contribution in [-0.4, -0.2) is 39.2 Å². The number of hydrogen-bond donors (Lipinski definition) is 0. The molecule has 2 aromatic heterocycles. The van der Waals surface area contributed by atoms with Crippen LogP contribution in [0.1, 0.15) is 59.5 Å². The molecule has 40 heavy (non-hydrogen) atoms. The van der Waals surface area contributed by atoms with E-state index in [0.29, 0.717) is 65.9 Å². The fourth-order valence-electron chi connectivity index (χ4n) is 4.78. The number of piperidine rings is 1. The third-order valence-electron chi connectivity index (χ3n) is 6.94. The summed E-state index contributed by atoms with van der Waals surface area (Å²) in [6, 6.07) is 5.87. The van der Waals surface area contributed by atoms with Gasteiger partial charge in [0.2, 0.25) is 5.91 Å². The lowest BCUT2D eigenvalue weighted by Crippen LogP contribution is -2.38. The van der Waals surface area contributed by atoms with Gasteiger partial charge in [-0.15, -0.1) is 11.3 Å². The normalized spacial score (nSPS) is 18.1. The van der Waals surface area contributed by atoms with Gasteiger partial charge in [0.05, 0.1) is 16.3 Å². The Morgan fingerprint density at radius 2 is 1.82 bits per heavy atom. The lowest BCUT2D eigenvalue weighted by Gasteiger charge is -2.31. The molecule has 1 fully saturated rings. The highest BCUT2D eigenvalue weighted by Gasteiger charge is 2.33. The second-order valence-corrected chi connectivity index (χ2v) is 11.6. The van der Waals surface area contributed by atoms with E-state index in [0.717, 1.165) is 15.3 Å². The zero-order chi connectivity index (χ0) is 28.6. The Bertz CT molecular complexity index is 1500. The fourth-order valence-corrected chi connectivity index (χ4v) is 6.65. The molecule has 1 aromatic carbocycles. The maximum Gasteiger partial charge on any atom is 0.417 e. The number of aromatic nitrogens is 2. The first-order valence-corrected chi connectivity index (χ1v) is 14.4. The van der Waals surface area contributed by atoms with Crippen molar-refractivity contribution in [2.24, 2.45) is 5.16 Å². The molecule has 5 rings (SSSR count). The number of carbonyl (C=O) groups excluding carboxylic acids is 1. The van der Waals surface area contributed by atoms with E-state index in [4.69, 9.17) is 44.6 Å². The van der Waals surface area contributed by atoms with Crippen molar-refractivity contribution in [3.05, 3.63) is 83.1 Å². The van der Waals surface area contributed by atoms with E-state index >= 15 is 0 Å². The third-order valence-corrected chi connectivity index (χ3v) is 8.88. The minimum Gasteiger partial charge on any atom is -0.387 e. The van der Waals surface area contributed by atoms with Gasteiger partial charge < -0.3 is 14.3 Å². The summed E-state index contributed by atoms with van der Waals surface area (Å²) < 4.78 is 40.1. The van der Waals surface area contributed by atoms with Gasteiger partial charge in [-0.3, -0.25) is 9.59 Å². The summed E-state index contributed by atoms with van der Waals surface area (Å²) in [6.07, 6.45) is -2.59. The SMILES string of the molecule is O=C(CCn1cc(C(F)(F)F)cc(Cl)c1=O)N1CCC(c2nc(C3=NOC(c4c(Cl)cccc4Cl)C3)cs2)CC1. The Morgan fingerprint density at radius 3 is 2.50 bits per heavy atom. The minimum absolute atomic E-state index is 0.111. The Hall–Kier alpha value is -2.60. The van der Waals surface area contributed by atoms with Crippen molar-refractivity contribution in [3.63, 3.8) is 0 Å². The van der Waals surface area contributed by atoms with E-state index in [-0.39, 0.29) is 24.8 Å². The average Bonchev–Trinajstić information content (AvgIpc) is 3.59. The van der Waals surface area contributed by atoms with Crippen LogP contribution in [0.3, 0.4) is 0 Å². The van der Waals surface area contributed by atoms with Gasteiger partial charge in [-0.05, 0) is 31.0 Å². The van der Waals surface area contributed by atoms with Crippen LogP contribution >= 0.6 is 46.1 Å². The van der Waals surface area contributed by atoms with Gasteiger partial charge in [0.1, 0.15) is 10.7 Å². The summed E-state index contributed by atoms with van der Waals surface area (Å²) in [5.74, 6) is -0.0788. The molecule has 212 valence electrons. The molecule has 2 aliphatic heterocycles. The predicted molar refractivity (Wildman–Crippen MR) is 147 cm³/mol. The number of rotatable bonds is 6. The van der Waals surface area contributed by atoms with Crippen molar-refractivity contribution in [1.29, 1.82) is 0 Å². The number of carbonyl (C=O) groups is 1. The fraction of sp³-hybridized carbons (Fsp3) is 0.385. The maximum absolute atomic E-state index is 13.1. The lowest BCUT2D eigenvalue weighted by molar-refractivity contribution is -0.138. The number of pyridine rings is 1. The Morgan fingerprint density at radius 1 is 1.12 bits per heavy atom. The Labute approximate surface area is 246 Å². The number of aryl methyl sites for hydroxylation is 1. The van der Waals surface area contributed by atoms with Crippen LogP contribution in [0.5, 0.6) is 0 Å². The number of oxime groups is 1. The standard InChI is InChI=1S/C26H22Cl3F3N4O3S/c27-16-2-1-3-17(28)23(16)21-11-19(34-39-21)20-13-40-24(33-20)14-4-7-35(8-5-14)22(37)6-9-36-12-15(26(30,31)32)10-18(29)25(36)38/h1-3,10,12-14,21H,4-9,11H2. The van der Waals surface area contributed by atoms with Crippen LogP contribution < -0.4 is 5.56 Å². The number of alkyl halides is 3. The van der Waals surface area contributed by atoms with Crippen LogP contribution in [0.4, 0.5) is 13.2 Å². The van der Waals surface area contributed by atoms with Crippen LogP contribution in [0.15, 0.2) is 45.8 Å². The molecular weight excluding hydrogens is 612 g/mol. The van der Waals surface area contributed by atoms with Crippen molar-refractivity contribution >= 4 is 57.8 Å². The first-order chi connectivity index (χ1) is 19.0. The van der Waals surface area contributed by atoms with Crippen molar-refractivity contribution in [2.75, 3.05) is 13.1 Å². The number of hydrogen-bond acceptors (Lipinski definition) is 6. The van der Waals surface area contributed by atoms with E-state index < -0.39 is 28.4 Å². The molecular formula is C26H22Cl3F3N4O3S. The molecule has 14 heteroatoms. The van der Waals surface area contributed by atoms with Gasteiger partial charge in [0.25, 0.3) is 5.56 Å². The number of nitrogens with zero attached hydrogens (tertiary/aromatic N) is 4. The number of amides is 1. The largest absolute Gasteiger partial charge is 0.417 e. The summed E-state index contributed by atoms with van der Waals surface area (Å²) in [7, 11) is 0. The van der Waals surface area contributed by atoms with Crippen molar-refractivity contribution in [3.8, 4) is 0 Å². The monoisotopic (exact) mass is 632 g/mol. The predicted octanol–water partition coefficient (Wildman–Crippen LogP) is 6.95. The molecule has 0 spiro atoms. The molecule has 1 atom stereocenters. The zero-order valence-corrected chi connectivity index (χ0v) is 23.8. The third kappa shape index (κ3) is 6.17. The van der Waals surface area contributed by atoms with E-state index in [1.807, 2.05) is 5.38 Å². The average molecular weight is 634 g/mol. The highest BCUT2D eigenvalue weighted by Crippen LogP contribution is 2.39. The molecule has 3 aromatic rings. The molecule has 0 radical (unpaired) electrons. The first-order valence-electron chi connectivity index (χ1n) is 12.4. The lowest BCUT2D eigenvalue weighted by atomic mass is 9.97. The van der Waals surface area contributed by atoms with Crippen LogP contribution in [0.2, 0.25) is 15.1 Å². The number of halogens is 6. The van der Waals surface area contributed by atoms with Crippen LogP contribution in [0.25, 0.3) is 0 Å². The van der Waals surface area contributed by atoms with Crippen molar-refractivity contribution in [1.82, 2.24) is 14.5 Å². The minimum atomic E-state index is -4.65. The summed E-state index contributed by atoms with van der Waals surface area (Å²) in [5.41, 5.74) is 0.333. The zero-order valence-electron chi connectivity index (χ0n) is 20.8. The molecule has 2 aliphatic rings. The van der Waals surface area contributed by atoms with Gasteiger partial charge >= 0.3 is 6.18 Å². The molecule has 1 amide bonds. The molecule has 0 N–H and O–H groups in total. The van der Waals surface area contributed by atoms with Crippen LogP contribution in [0, 0.1) is 0 Å². The number of benzene rings is 1. The molecule has 1 unspecified atom stereocenters. The topological polar surface area (TPSA) is 76.8 Å². The van der Waals surface area contributed by atoms with Crippen molar-refractivity contribution in [2.45, 2.75) is 50.4 Å². The molecule has 7 nitrogen and oxygen atoms in total. The van der Waals surface area contributed by atoms with Crippen molar-refractivity contribution < 1.29 is 22.8 Å². The molecule has 0 aliphatic carbocycles.